The van der Waals surface area contributed by atoms with E-state index in [1.807, 2.05) is 0 Å². The van der Waals surface area contributed by atoms with Crippen LogP contribution in [0, 0.1) is 5.92 Å². The molecule has 0 saturated carbocycles. The molecule has 0 aliphatic rings. The van der Waals surface area contributed by atoms with E-state index in [1.165, 1.54) is 24.8 Å². The van der Waals surface area contributed by atoms with Gasteiger partial charge in [-0.2, -0.15) is 0 Å². The largest absolute Gasteiger partial charge is 0.387 e. The lowest BCUT2D eigenvalue weighted by molar-refractivity contribution is 0.136. The summed E-state index contributed by atoms with van der Waals surface area (Å²) in [7, 11) is 0. The number of aliphatic hydroxyl groups is 1. The van der Waals surface area contributed by atoms with Crippen LogP contribution >= 0.6 is 0 Å². The second-order valence-electron chi connectivity index (χ2n) is 6.23. The van der Waals surface area contributed by atoms with E-state index in [0.29, 0.717) is 5.92 Å². The lowest BCUT2D eigenvalue weighted by Crippen LogP contribution is -2.32. The van der Waals surface area contributed by atoms with E-state index < -0.39 is 6.10 Å². The molecule has 1 rings (SSSR count). The van der Waals surface area contributed by atoms with E-state index in [4.69, 9.17) is 0 Å². The van der Waals surface area contributed by atoms with Crippen molar-refractivity contribution in [3.8, 4) is 0 Å². The molecular formula is C18H31NO. The Hall–Kier alpha value is -0.860. The summed E-state index contributed by atoms with van der Waals surface area (Å²) in [6.45, 7) is 9.70. The normalized spacial score (nSPS) is 14.5. The molecule has 0 fully saturated rings. The van der Waals surface area contributed by atoms with Gasteiger partial charge in [-0.25, -0.2) is 0 Å². The molecule has 0 aromatic heterocycles. The highest BCUT2D eigenvalue weighted by Crippen LogP contribution is 2.18. The lowest BCUT2D eigenvalue weighted by atomic mass is 9.98. The Morgan fingerprint density at radius 1 is 1.05 bits per heavy atom. The number of unbranched alkanes of at least 4 members (excludes halogenated alkanes) is 2. The predicted octanol–water partition coefficient (Wildman–Crippen LogP) is 4.09. The Kier molecular flexibility index (Phi) is 7.86. The molecule has 1 aromatic rings. The maximum atomic E-state index is 10.4. The van der Waals surface area contributed by atoms with E-state index in [0.717, 1.165) is 18.5 Å². The zero-order valence-electron chi connectivity index (χ0n) is 13.5. The van der Waals surface area contributed by atoms with Gasteiger partial charge in [0.15, 0.2) is 0 Å². The molecule has 20 heavy (non-hydrogen) atoms. The van der Waals surface area contributed by atoms with E-state index in [2.05, 4.69) is 57.3 Å². The summed E-state index contributed by atoms with van der Waals surface area (Å²) in [6.07, 6.45) is 4.34. The highest BCUT2D eigenvalue weighted by molar-refractivity contribution is 5.25. The second kappa shape index (κ2) is 9.15. The van der Waals surface area contributed by atoms with Crippen LogP contribution in [0.25, 0.3) is 0 Å². The second-order valence-corrected chi connectivity index (χ2v) is 6.23. The van der Waals surface area contributed by atoms with Gasteiger partial charge >= 0.3 is 0 Å². The summed E-state index contributed by atoms with van der Waals surface area (Å²) < 4.78 is 0. The minimum Gasteiger partial charge on any atom is -0.387 e. The fourth-order valence-electron chi connectivity index (χ4n) is 2.43. The average Bonchev–Trinajstić information content (AvgIpc) is 2.43. The van der Waals surface area contributed by atoms with Gasteiger partial charge in [0.25, 0.3) is 0 Å². The number of rotatable bonds is 9. The van der Waals surface area contributed by atoms with Gasteiger partial charge in [-0.3, -0.25) is 0 Å². The van der Waals surface area contributed by atoms with Gasteiger partial charge in [0.05, 0.1) is 6.10 Å². The fraction of sp³-hybridized carbons (Fsp3) is 0.667. The van der Waals surface area contributed by atoms with Gasteiger partial charge in [0.1, 0.15) is 0 Å². The van der Waals surface area contributed by atoms with Gasteiger partial charge in [-0.05, 0) is 43.4 Å². The third-order valence-electron chi connectivity index (χ3n) is 3.69. The van der Waals surface area contributed by atoms with Crippen LogP contribution in [0.1, 0.15) is 64.2 Å². The lowest BCUT2D eigenvalue weighted by Gasteiger charge is -2.21. The van der Waals surface area contributed by atoms with Crippen LogP contribution in [0.15, 0.2) is 24.3 Å². The molecule has 0 spiro atoms. The van der Waals surface area contributed by atoms with Crippen molar-refractivity contribution in [2.45, 2.75) is 65.5 Å². The van der Waals surface area contributed by atoms with Crippen molar-refractivity contribution in [3.63, 3.8) is 0 Å². The fourth-order valence-corrected chi connectivity index (χ4v) is 2.43. The minimum atomic E-state index is -0.426. The summed E-state index contributed by atoms with van der Waals surface area (Å²) in [6, 6.07) is 8.51. The van der Waals surface area contributed by atoms with Crippen molar-refractivity contribution in [3.05, 3.63) is 35.4 Å². The van der Waals surface area contributed by atoms with Crippen molar-refractivity contribution in [2.75, 3.05) is 6.54 Å². The molecule has 0 heterocycles. The zero-order chi connectivity index (χ0) is 15.0. The SMILES string of the molecule is CCCCCNC(C)C(O)c1ccc(CC(C)C)cc1. The van der Waals surface area contributed by atoms with Crippen LogP contribution in [0.5, 0.6) is 0 Å². The molecular weight excluding hydrogens is 246 g/mol. The smallest absolute Gasteiger partial charge is 0.0940 e. The van der Waals surface area contributed by atoms with Crippen molar-refractivity contribution >= 4 is 0 Å². The van der Waals surface area contributed by atoms with Crippen molar-refractivity contribution < 1.29 is 5.11 Å². The standard InChI is InChI=1S/C18H31NO/c1-5-6-7-12-19-15(4)18(20)17-10-8-16(9-11-17)13-14(2)3/h8-11,14-15,18-20H,5-7,12-13H2,1-4H3. The van der Waals surface area contributed by atoms with Gasteiger partial charge in [-0.15, -0.1) is 0 Å². The van der Waals surface area contributed by atoms with E-state index >= 15 is 0 Å². The maximum absolute atomic E-state index is 10.4. The average molecular weight is 277 g/mol. The van der Waals surface area contributed by atoms with E-state index in [1.54, 1.807) is 0 Å². The first-order chi connectivity index (χ1) is 9.54. The summed E-state index contributed by atoms with van der Waals surface area (Å²) in [5.41, 5.74) is 2.35. The zero-order valence-corrected chi connectivity index (χ0v) is 13.5. The molecule has 2 nitrogen and oxygen atoms in total. The molecule has 0 bridgehead atoms. The minimum absolute atomic E-state index is 0.0998. The number of benzene rings is 1. The Balaban J connectivity index is 2.47. The Morgan fingerprint density at radius 3 is 2.25 bits per heavy atom. The summed E-state index contributed by atoms with van der Waals surface area (Å²) in [5.74, 6) is 0.671. The number of aliphatic hydroxyl groups excluding tert-OH is 1. The predicted molar refractivity (Wildman–Crippen MR) is 86.9 cm³/mol. The molecule has 114 valence electrons. The van der Waals surface area contributed by atoms with E-state index in [9.17, 15) is 5.11 Å². The molecule has 0 saturated heterocycles. The highest BCUT2D eigenvalue weighted by Gasteiger charge is 2.15. The molecule has 0 aliphatic carbocycles. The Bertz CT molecular complexity index is 358. The first kappa shape index (κ1) is 17.2. The van der Waals surface area contributed by atoms with Crippen molar-refractivity contribution in [2.24, 2.45) is 5.92 Å². The molecule has 2 unspecified atom stereocenters. The van der Waals surface area contributed by atoms with Crippen LogP contribution in [0.4, 0.5) is 0 Å². The third-order valence-corrected chi connectivity index (χ3v) is 3.69. The van der Waals surface area contributed by atoms with Gasteiger partial charge in [-0.1, -0.05) is 57.9 Å². The first-order valence-corrected chi connectivity index (χ1v) is 8.04. The Labute approximate surface area is 124 Å². The van der Waals surface area contributed by atoms with E-state index in [-0.39, 0.29) is 6.04 Å². The molecule has 2 atom stereocenters. The summed E-state index contributed by atoms with van der Waals surface area (Å²) in [4.78, 5) is 0. The Morgan fingerprint density at radius 2 is 1.70 bits per heavy atom. The molecule has 0 radical (unpaired) electrons. The van der Waals surface area contributed by atoms with Crippen molar-refractivity contribution in [1.29, 1.82) is 0 Å². The summed E-state index contributed by atoms with van der Waals surface area (Å²) >= 11 is 0. The monoisotopic (exact) mass is 277 g/mol. The van der Waals surface area contributed by atoms with Crippen LogP contribution in [-0.2, 0) is 6.42 Å². The van der Waals surface area contributed by atoms with Crippen LogP contribution in [-0.4, -0.2) is 17.7 Å². The molecule has 2 N–H and O–H groups in total. The van der Waals surface area contributed by atoms with Crippen LogP contribution in [0.2, 0.25) is 0 Å². The van der Waals surface area contributed by atoms with Crippen LogP contribution < -0.4 is 5.32 Å². The molecule has 2 heteroatoms. The first-order valence-electron chi connectivity index (χ1n) is 8.04. The number of nitrogens with one attached hydrogen (secondary N) is 1. The third kappa shape index (κ3) is 6.06. The summed E-state index contributed by atoms with van der Waals surface area (Å²) in [5, 5.41) is 13.8. The number of hydrogen-bond acceptors (Lipinski definition) is 2. The highest BCUT2D eigenvalue weighted by atomic mass is 16.3. The van der Waals surface area contributed by atoms with Gasteiger partial charge in [0.2, 0.25) is 0 Å². The quantitative estimate of drug-likeness (QED) is 0.666. The maximum Gasteiger partial charge on any atom is 0.0940 e. The van der Waals surface area contributed by atoms with Gasteiger partial charge in [0, 0.05) is 6.04 Å². The molecule has 0 aliphatic heterocycles. The molecule has 0 amide bonds. The topological polar surface area (TPSA) is 32.3 Å². The van der Waals surface area contributed by atoms with Crippen LogP contribution in [0.3, 0.4) is 0 Å². The molecule has 1 aromatic carbocycles. The van der Waals surface area contributed by atoms with Gasteiger partial charge < -0.3 is 10.4 Å². The van der Waals surface area contributed by atoms with Crippen molar-refractivity contribution in [1.82, 2.24) is 5.32 Å². The number of hydrogen-bond donors (Lipinski definition) is 2.